The number of carbonyl (C=O) groups excluding carboxylic acids is 2. The van der Waals surface area contributed by atoms with E-state index in [1.54, 1.807) is 0 Å². The number of carbonyl (C=O) groups is 2. The molecule has 3 atom stereocenters. The molecule has 6 nitrogen and oxygen atoms in total. The molecule has 348 valence electrons. The average molecular weight is 848 g/mol. The fourth-order valence-corrected chi connectivity index (χ4v) is 7.05. The Morgan fingerprint density at radius 1 is 0.508 bits per heavy atom. The number of nitrogens with one attached hydrogen (secondary N) is 1. The summed E-state index contributed by atoms with van der Waals surface area (Å²) in [6.45, 7) is 6.20. The number of hydrogen-bond acceptors (Lipinski definition) is 5. The second-order valence-electron chi connectivity index (χ2n) is 16.6. The molecule has 61 heavy (non-hydrogen) atoms. The Balaban J connectivity index is 4.68. The lowest BCUT2D eigenvalue weighted by molar-refractivity contribution is -0.151. The van der Waals surface area contributed by atoms with E-state index in [2.05, 4.69) is 80.8 Å². The monoisotopic (exact) mass is 848 g/mol. The molecular weight excluding hydrogens is 755 g/mol. The molecule has 6 heteroatoms. The van der Waals surface area contributed by atoms with Crippen LogP contribution in [0, 0.1) is 0 Å². The van der Waals surface area contributed by atoms with Crippen LogP contribution in [0.2, 0.25) is 0 Å². The zero-order valence-corrected chi connectivity index (χ0v) is 39.5. The summed E-state index contributed by atoms with van der Waals surface area (Å²) in [5.74, 6) is -0.570. The van der Waals surface area contributed by atoms with Crippen molar-refractivity contribution in [1.82, 2.24) is 5.32 Å². The van der Waals surface area contributed by atoms with Crippen LogP contribution in [-0.2, 0) is 14.3 Å². The fourth-order valence-electron chi connectivity index (χ4n) is 7.05. The summed E-state index contributed by atoms with van der Waals surface area (Å²) in [7, 11) is 0. The Bertz CT molecular complexity index is 1220. The van der Waals surface area contributed by atoms with Crippen LogP contribution in [0.3, 0.4) is 0 Å². The van der Waals surface area contributed by atoms with Crippen LogP contribution in [0.15, 0.2) is 97.2 Å². The molecule has 0 aromatic carbocycles. The maximum absolute atomic E-state index is 13.2. The summed E-state index contributed by atoms with van der Waals surface area (Å²) in [5, 5.41) is 23.7. The van der Waals surface area contributed by atoms with Gasteiger partial charge in [-0.2, -0.15) is 0 Å². The minimum atomic E-state index is -0.811. The van der Waals surface area contributed by atoms with Crippen molar-refractivity contribution in [2.24, 2.45) is 0 Å². The SMILES string of the molecule is CC/C=C/C=C/C=C\C=C/C=C/CCCCCC(=O)OC(CCCC/C=C/C/C=C/C/C=C/CC)CC(=O)NC(CO)C(O)CCCCCCCCCCCCCCCCC. The molecule has 3 unspecified atom stereocenters. The third kappa shape index (κ3) is 43.2. The standard InChI is InChI=1S/C55H93NO5/c1-4-7-10-13-16-19-22-25-27-29-32-35-38-41-44-47-53(58)52(50-57)56-54(59)49-51(46-43-40-37-34-31-24-21-18-15-12-9-6-3)61-55(60)48-45-42-39-36-33-30-28-26-23-20-17-14-11-8-5-2/h8-9,11-12,14,17-18,20-21,23,26,28,30-31,33-34,51-53,57-58H,4-7,10,13,15-16,19,22,24-25,27,29,32,35-50H2,1-3H3,(H,56,59)/b11-8+,12-9+,17-14+,21-18+,23-20-,28-26-,33-30+,34-31+. The molecule has 0 saturated carbocycles. The lowest BCUT2D eigenvalue weighted by atomic mass is 10.0. The number of aliphatic hydroxyl groups excluding tert-OH is 2. The number of hydrogen-bond donors (Lipinski definition) is 3. The van der Waals surface area contributed by atoms with Crippen LogP contribution in [0.5, 0.6) is 0 Å². The first kappa shape index (κ1) is 57.8. The number of unbranched alkanes of at least 4 members (excludes halogenated alkanes) is 19. The molecule has 0 heterocycles. The molecule has 0 aromatic rings. The van der Waals surface area contributed by atoms with E-state index >= 15 is 0 Å². The summed E-state index contributed by atoms with van der Waals surface area (Å²) in [4.78, 5) is 26.1. The predicted molar refractivity (Wildman–Crippen MR) is 264 cm³/mol. The Morgan fingerprint density at radius 2 is 0.967 bits per heavy atom. The normalized spacial score (nSPS) is 14.1. The number of esters is 1. The molecule has 0 bridgehead atoms. The highest BCUT2D eigenvalue weighted by Gasteiger charge is 2.24. The second-order valence-corrected chi connectivity index (χ2v) is 16.6. The first-order chi connectivity index (χ1) is 30.0. The summed E-state index contributed by atoms with van der Waals surface area (Å²) in [6.07, 6.45) is 63.2. The third-order valence-electron chi connectivity index (χ3n) is 10.8. The Labute approximate surface area is 376 Å². The van der Waals surface area contributed by atoms with Gasteiger partial charge in [-0.3, -0.25) is 9.59 Å². The first-order valence-corrected chi connectivity index (χ1v) is 25.0. The lowest BCUT2D eigenvalue weighted by Crippen LogP contribution is -2.46. The van der Waals surface area contributed by atoms with Crippen molar-refractivity contribution >= 4 is 11.9 Å². The molecule has 0 radical (unpaired) electrons. The van der Waals surface area contributed by atoms with Crippen LogP contribution >= 0.6 is 0 Å². The highest BCUT2D eigenvalue weighted by Crippen LogP contribution is 2.17. The molecule has 0 fully saturated rings. The molecule has 1 amide bonds. The van der Waals surface area contributed by atoms with Gasteiger partial charge in [-0.25, -0.2) is 0 Å². The fraction of sp³-hybridized carbons (Fsp3) is 0.673. The van der Waals surface area contributed by atoms with Gasteiger partial charge >= 0.3 is 5.97 Å². The van der Waals surface area contributed by atoms with E-state index in [0.29, 0.717) is 19.3 Å². The molecule has 0 aliphatic heterocycles. The Morgan fingerprint density at radius 3 is 1.54 bits per heavy atom. The van der Waals surface area contributed by atoms with Crippen molar-refractivity contribution in [2.75, 3.05) is 6.61 Å². The van der Waals surface area contributed by atoms with Crippen LogP contribution < -0.4 is 5.32 Å². The van der Waals surface area contributed by atoms with Gasteiger partial charge < -0.3 is 20.3 Å². The number of aliphatic hydroxyl groups is 2. The van der Waals surface area contributed by atoms with Crippen molar-refractivity contribution < 1.29 is 24.5 Å². The largest absolute Gasteiger partial charge is 0.462 e. The summed E-state index contributed by atoms with van der Waals surface area (Å²) in [5.41, 5.74) is 0. The van der Waals surface area contributed by atoms with Crippen molar-refractivity contribution in [3.05, 3.63) is 97.2 Å². The van der Waals surface area contributed by atoms with Crippen LogP contribution in [-0.4, -0.2) is 46.9 Å². The zero-order chi connectivity index (χ0) is 44.5. The molecule has 0 aliphatic rings. The van der Waals surface area contributed by atoms with Gasteiger partial charge in [0.2, 0.25) is 5.91 Å². The maximum Gasteiger partial charge on any atom is 0.306 e. The predicted octanol–water partition coefficient (Wildman–Crippen LogP) is 14.9. The van der Waals surface area contributed by atoms with E-state index in [9.17, 15) is 19.8 Å². The molecule has 0 aromatic heterocycles. The van der Waals surface area contributed by atoms with Crippen LogP contribution in [0.1, 0.15) is 213 Å². The minimum Gasteiger partial charge on any atom is -0.462 e. The van der Waals surface area contributed by atoms with E-state index < -0.39 is 18.2 Å². The Hall–Kier alpha value is -3.22. The van der Waals surface area contributed by atoms with Crippen LogP contribution in [0.4, 0.5) is 0 Å². The number of rotatable bonds is 43. The average Bonchev–Trinajstić information content (AvgIpc) is 3.25. The van der Waals surface area contributed by atoms with Gasteiger partial charge in [0.1, 0.15) is 6.10 Å². The quantitative estimate of drug-likeness (QED) is 0.0246. The van der Waals surface area contributed by atoms with Gasteiger partial charge in [-0.1, -0.05) is 221 Å². The van der Waals surface area contributed by atoms with Crippen molar-refractivity contribution in [3.8, 4) is 0 Å². The van der Waals surface area contributed by atoms with E-state index in [0.717, 1.165) is 89.9 Å². The molecule has 0 spiro atoms. The van der Waals surface area contributed by atoms with E-state index in [-0.39, 0.29) is 24.9 Å². The van der Waals surface area contributed by atoms with Gasteiger partial charge in [-0.15, -0.1) is 0 Å². The number of ether oxygens (including phenoxy) is 1. The first-order valence-electron chi connectivity index (χ1n) is 25.0. The molecule has 0 aliphatic carbocycles. The highest BCUT2D eigenvalue weighted by molar-refractivity contribution is 5.77. The molecular formula is C55H93NO5. The van der Waals surface area contributed by atoms with E-state index in [1.807, 2.05) is 42.5 Å². The highest BCUT2D eigenvalue weighted by atomic mass is 16.5. The lowest BCUT2D eigenvalue weighted by Gasteiger charge is -2.24. The van der Waals surface area contributed by atoms with E-state index in [1.165, 1.54) is 77.0 Å². The van der Waals surface area contributed by atoms with Crippen molar-refractivity contribution in [2.45, 2.75) is 232 Å². The molecule has 3 N–H and O–H groups in total. The zero-order valence-electron chi connectivity index (χ0n) is 39.5. The second kappa shape index (κ2) is 47.8. The number of amides is 1. The van der Waals surface area contributed by atoms with Gasteiger partial charge in [0.25, 0.3) is 0 Å². The summed E-state index contributed by atoms with van der Waals surface area (Å²) >= 11 is 0. The molecule has 0 saturated heterocycles. The van der Waals surface area contributed by atoms with Crippen molar-refractivity contribution in [1.29, 1.82) is 0 Å². The smallest absolute Gasteiger partial charge is 0.306 e. The van der Waals surface area contributed by atoms with Crippen LogP contribution in [0.25, 0.3) is 0 Å². The number of allylic oxidation sites excluding steroid dienone is 16. The maximum atomic E-state index is 13.2. The topological polar surface area (TPSA) is 95.9 Å². The summed E-state index contributed by atoms with van der Waals surface area (Å²) in [6, 6.07) is -0.728. The van der Waals surface area contributed by atoms with Gasteiger partial charge in [0.15, 0.2) is 0 Å². The van der Waals surface area contributed by atoms with Gasteiger partial charge in [-0.05, 0) is 77.0 Å². The minimum absolute atomic E-state index is 0.0285. The Kier molecular flexibility index (Phi) is 45.3. The summed E-state index contributed by atoms with van der Waals surface area (Å²) < 4.78 is 5.88. The third-order valence-corrected chi connectivity index (χ3v) is 10.8. The van der Waals surface area contributed by atoms with Gasteiger partial charge in [0.05, 0.1) is 25.2 Å². The van der Waals surface area contributed by atoms with Gasteiger partial charge in [0, 0.05) is 6.42 Å². The van der Waals surface area contributed by atoms with E-state index in [4.69, 9.17) is 4.74 Å². The molecule has 0 rings (SSSR count). The van der Waals surface area contributed by atoms with Crippen molar-refractivity contribution in [3.63, 3.8) is 0 Å².